The number of aromatic nitrogens is 1. The first-order valence-corrected chi connectivity index (χ1v) is 11.2. The molecule has 3 aromatic carbocycles. The van der Waals surface area contributed by atoms with E-state index in [1.54, 1.807) is 24.4 Å². The lowest BCUT2D eigenvalue weighted by molar-refractivity contribution is 0.172. The first-order chi connectivity index (χ1) is 17.5. The van der Waals surface area contributed by atoms with Crippen LogP contribution in [0.3, 0.4) is 0 Å². The first-order valence-electron chi connectivity index (χ1n) is 11.2. The zero-order valence-electron chi connectivity index (χ0n) is 19.8. The number of ether oxygens (including phenoxy) is 3. The number of hydrogen-bond donors (Lipinski definition) is 3. The van der Waals surface area contributed by atoms with Crippen molar-refractivity contribution >= 4 is 22.6 Å². The van der Waals surface area contributed by atoms with Gasteiger partial charge >= 0.3 is 6.03 Å². The molecule has 0 bridgehead atoms. The fourth-order valence-corrected chi connectivity index (χ4v) is 3.66. The molecule has 2 amide bonds. The third-order valence-corrected chi connectivity index (χ3v) is 5.43. The lowest BCUT2D eigenvalue weighted by Crippen LogP contribution is -2.36. The topological polar surface area (TPSA) is 102 Å². The van der Waals surface area contributed by atoms with Crippen molar-refractivity contribution in [1.29, 1.82) is 0 Å². The molecular formula is C27H26FN3O5. The zero-order chi connectivity index (χ0) is 25.5. The largest absolute Gasteiger partial charge is 0.493 e. The molecular weight excluding hydrogens is 465 g/mol. The van der Waals surface area contributed by atoms with Crippen molar-refractivity contribution in [2.24, 2.45) is 0 Å². The summed E-state index contributed by atoms with van der Waals surface area (Å²) in [5.41, 5.74) is 1.79. The number of pyridine rings is 1. The van der Waals surface area contributed by atoms with Crippen LogP contribution in [-0.2, 0) is 6.42 Å². The van der Waals surface area contributed by atoms with Gasteiger partial charge in [-0.15, -0.1) is 0 Å². The summed E-state index contributed by atoms with van der Waals surface area (Å²) in [6.45, 7) is 0.0494. The third-order valence-electron chi connectivity index (χ3n) is 5.43. The maximum Gasteiger partial charge on any atom is 0.319 e. The number of rotatable bonds is 9. The first kappa shape index (κ1) is 24.7. The molecule has 1 heterocycles. The van der Waals surface area contributed by atoms with E-state index in [9.17, 15) is 14.3 Å². The molecule has 1 aromatic heterocycles. The number of fused-ring (bicyclic) bond motifs is 1. The predicted molar refractivity (Wildman–Crippen MR) is 134 cm³/mol. The van der Waals surface area contributed by atoms with Crippen LogP contribution in [0.15, 0.2) is 72.9 Å². The summed E-state index contributed by atoms with van der Waals surface area (Å²) in [5, 5.41) is 15.9. The minimum absolute atomic E-state index is 0.0264. The number of nitrogens with one attached hydrogen (secondary N) is 2. The van der Waals surface area contributed by atoms with Gasteiger partial charge < -0.3 is 30.0 Å². The van der Waals surface area contributed by atoms with Gasteiger partial charge in [-0.05, 0) is 29.8 Å². The van der Waals surface area contributed by atoms with Gasteiger partial charge in [0.05, 0.1) is 25.8 Å². The second-order valence-corrected chi connectivity index (χ2v) is 7.96. The summed E-state index contributed by atoms with van der Waals surface area (Å²) < 4.78 is 31.3. The number of nitrogens with zero attached hydrogens (tertiary/aromatic N) is 1. The van der Waals surface area contributed by atoms with E-state index in [0.717, 1.165) is 11.6 Å². The van der Waals surface area contributed by atoms with Gasteiger partial charge in [-0.2, -0.15) is 0 Å². The van der Waals surface area contributed by atoms with Gasteiger partial charge in [-0.25, -0.2) is 9.18 Å². The number of urea groups is 1. The van der Waals surface area contributed by atoms with Crippen LogP contribution in [0.1, 0.15) is 5.56 Å². The van der Waals surface area contributed by atoms with Crippen LogP contribution in [0.5, 0.6) is 23.0 Å². The SMILES string of the molecule is COc1cc2nccc(Oc3ccc(NC(=O)NCC(O)Cc4ccccc4)cc3F)c2cc1OC. The van der Waals surface area contributed by atoms with Crippen LogP contribution in [0, 0.1) is 5.82 Å². The number of halogens is 1. The van der Waals surface area contributed by atoms with E-state index in [1.165, 1.54) is 26.4 Å². The van der Waals surface area contributed by atoms with Crippen molar-refractivity contribution in [2.75, 3.05) is 26.1 Å². The van der Waals surface area contributed by atoms with Gasteiger partial charge in [0.15, 0.2) is 23.1 Å². The summed E-state index contributed by atoms with van der Waals surface area (Å²) in [7, 11) is 3.05. The van der Waals surface area contributed by atoms with Crippen LogP contribution in [0.25, 0.3) is 10.9 Å². The zero-order valence-corrected chi connectivity index (χ0v) is 19.8. The Bertz CT molecular complexity index is 1350. The number of aliphatic hydroxyl groups excluding tert-OH is 1. The molecule has 0 saturated heterocycles. The summed E-state index contributed by atoms with van der Waals surface area (Å²) in [5.74, 6) is 0.694. The van der Waals surface area contributed by atoms with E-state index in [4.69, 9.17) is 14.2 Å². The van der Waals surface area contributed by atoms with Gasteiger partial charge in [0.2, 0.25) is 0 Å². The smallest absolute Gasteiger partial charge is 0.319 e. The Hall–Kier alpha value is -4.37. The summed E-state index contributed by atoms with van der Waals surface area (Å²) in [4.78, 5) is 16.5. The highest BCUT2D eigenvalue weighted by Gasteiger charge is 2.14. The molecule has 1 unspecified atom stereocenters. The molecule has 0 saturated carbocycles. The lowest BCUT2D eigenvalue weighted by atomic mass is 10.1. The van der Waals surface area contributed by atoms with Crippen molar-refractivity contribution in [3.63, 3.8) is 0 Å². The molecule has 0 aliphatic heterocycles. The van der Waals surface area contributed by atoms with Gasteiger partial charge in [0.25, 0.3) is 0 Å². The Morgan fingerprint density at radius 2 is 1.72 bits per heavy atom. The Labute approximate surface area is 207 Å². The predicted octanol–water partition coefficient (Wildman–Crippen LogP) is 4.91. The monoisotopic (exact) mass is 491 g/mol. The Kier molecular flexibility index (Phi) is 7.82. The molecule has 186 valence electrons. The molecule has 8 nitrogen and oxygen atoms in total. The number of carbonyl (C=O) groups excluding carboxylic acids is 1. The van der Waals surface area contributed by atoms with Gasteiger partial charge in [-0.1, -0.05) is 30.3 Å². The number of aliphatic hydroxyl groups is 1. The Morgan fingerprint density at radius 1 is 0.972 bits per heavy atom. The van der Waals surface area contributed by atoms with Crippen LogP contribution in [0.2, 0.25) is 0 Å². The lowest BCUT2D eigenvalue weighted by Gasteiger charge is -2.14. The molecule has 36 heavy (non-hydrogen) atoms. The van der Waals surface area contributed by atoms with Gasteiger partial charge in [0.1, 0.15) is 5.75 Å². The molecule has 0 aliphatic rings. The normalized spacial score (nSPS) is 11.6. The van der Waals surface area contributed by atoms with Crippen LogP contribution in [-0.4, -0.2) is 43.0 Å². The van der Waals surface area contributed by atoms with E-state index in [1.807, 2.05) is 30.3 Å². The molecule has 3 N–H and O–H groups in total. The van der Waals surface area contributed by atoms with Crippen LogP contribution >= 0.6 is 0 Å². The average molecular weight is 492 g/mol. The molecule has 4 aromatic rings. The van der Waals surface area contributed by atoms with Crippen molar-refractivity contribution in [3.05, 3.63) is 84.3 Å². The fourth-order valence-electron chi connectivity index (χ4n) is 3.66. The highest BCUT2D eigenvalue weighted by molar-refractivity contribution is 5.90. The Morgan fingerprint density at radius 3 is 2.44 bits per heavy atom. The minimum Gasteiger partial charge on any atom is -0.493 e. The maximum atomic E-state index is 14.8. The number of benzene rings is 3. The number of methoxy groups -OCH3 is 2. The molecule has 4 rings (SSSR count). The number of carbonyl (C=O) groups is 1. The standard InChI is InChI=1S/C27H26FN3O5/c1-34-25-14-20-22(15-26(25)35-2)29-11-10-23(20)36-24-9-8-18(13-21(24)28)31-27(33)30-16-19(32)12-17-6-4-3-5-7-17/h3-11,13-15,19,32H,12,16H2,1-2H3,(H2,30,31,33). The minimum atomic E-state index is -0.751. The third kappa shape index (κ3) is 6.00. The van der Waals surface area contributed by atoms with Crippen molar-refractivity contribution < 1.29 is 28.5 Å². The molecule has 0 fully saturated rings. The maximum absolute atomic E-state index is 14.8. The number of anilines is 1. The van der Waals surface area contributed by atoms with Crippen molar-refractivity contribution in [1.82, 2.24) is 10.3 Å². The van der Waals surface area contributed by atoms with Crippen LogP contribution < -0.4 is 24.8 Å². The van der Waals surface area contributed by atoms with E-state index in [2.05, 4.69) is 15.6 Å². The highest BCUT2D eigenvalue weighted by atomic mass is 19.1. The number of hydrogen-bond acceptors (Lipinski definition) is 6. The fraction of sp³-hybridized carbons (Fsp3) is 0.185. The van der Waals surface area contributed by atoms with E-state index >= 15 is 0 Å². The molecule has 1 atom stereocenters. The summed E-state index contributed by atoms with van der Waals surface area (Å²) in [6, 6.07) is 18.0. The van der Waals surface area contributed by atoms with Crippen LogP contribution in [0.4, 0.5) is 14.9 Å². The van der Waals surface area contributed by atoms with E-state index < -0.39 is 18.0 Å². The quantitative estimate of drug-likeness (QED) is 0.308. The van der Waals surface area contributed by atoms with E-state index in [0.29, 0.717) is 34.6 Å². The van der Waals surface area contributed by atoms with Gasteiger partial charge in [-0.3, -0.25) is 4.98 Å². The highest BCUT2D eigenvalue weighted by Crippen LogP contribution is 2.37. The molecule has 9 heteroatoms. The average Bonchev–Trinajstić information content (AvgIpc) is 2.89. The van der Waals surface area contributed by atoms with Gasteiger partial charge in [0, 0.05) is 42.4 Å². The summed E-state index contributed by atoms with van der Waals surface area (Å²) in [6.07, 6.45) is 1.21. The Balaban J connectivity index is 1.40. The van der Waals surface area contributed by atoms with Crippen molar-refractivity contribution in [2.45, 2.75) is 12.5 Å². The second-order valence-electron chi connectivity index (χ2n) is 7.96. The second kappa shape index (κ2) is 11.4. The van der Waals surface area contributed by atoms with Crippen molar-refractivity contribution in [3.8, 4) is 23.0 Å². The molecule has 0 radical (unpaired) electrons. The number of amides is 2. The molecule has 0 spiro atoms. The van der Waals surface area contributed by atoms with E-state index in [-0.39, 0.29) is 18.0 Å². The molecule has 0 aliphatic carbocycles. The summed E-state index contributed by atoms with van der Waals surface area (Å²) >= 11 is 0.